The molecule has 0 amide bonds. The first-order valence-electron chi connectivity index (χ1n) is 5.88. The first-order valence-corrected chi connectivity index (χ1v) is 6.26. The molecule has 1 aliphatic carbocycles. The van der Waals surface area contributed by atoms with E-state index in [2.05, 4.69) is 5.32 Å². The predicted octanol–water partition coefficient (Wildman–Crippen LogP) is 2.81. The smallest absolute Gasteiger partial charge is 0.144 e. The fourth-order valence-electron chi connectivity index (χ4n) is 2.04. The van der Waals surface area contributed by atoms with Crippen LogP contribution in [0.25, 0.3) is 0 Å². The van der Waals surface area contributed by atoms with Crippen molar-refractivity contribution in [2.24, 2.45) is 11.1 Å². The lowest BCUT2D eigenvalue weighted by Crippen LogP contribution is -2.24. The number of halogens is 1. The Labute approximate surface area is 107 Å². The number of aryl methyl sites for hydroxylation is 1. The molecule has 0 heterocycles. The molecule has 2 rings (SSSR count). The lowest BCUT2D eigenvalue weighted by Gasteiger charge is -2.18. The van der Waals surface area contributed by atoms with Gasteiger partial charge in [-0.3, -0.25) is 0 Å². The molecule has 1 aliphatic rings. The standard InChI is InChI=1S/C13H19ClN2O/c1-9-5-10(14)6-11(12(9)17-2)16-8-13(7-15)3-4-13/h5-6,16H,3-4,7-8,15H2,1-2H3. The van der Waals surface area contributed by atoms with Crippen molar-refractivity contribution in [3.05, 3.63) is 22.7 Å². The first kappa shape index (κ1) is 12.5. The molecule has 1 aromatic carbocycles. The molecule has 3 nitrogen and oxygen atoms in total. The van der Waals surface area contributed by atoms with Gasteiger partial charge in [0.1, 0.15) is 5.75 Å². The Morgan fingerprint density at radius 3 is 2.71 bits per heavy atom. The third-order valence-electron chi connectivity index (χ3n) is 3.49. The quantitative estimate of drug-likeness (QED) is 0.850. The van der Waals surface area contributed by atoms with Gasteiger partial charge in [0.05, 0.1) is 12.8 Å². The summed E-state index contributed by atoms with van der Waals surface area (Å²) >= 11 is 6.06. The van der Waals surface area contributed by atoms with E-state index in [1.165, 1.54) is 12.8 Å². The van der Waals surface area contributed by atoms with Gasteiger partial charge in [-0.1, -0.05) is 11.6 Å². The molecule has 0 bridgehead atoms. The van der Waals surface area contributed by atoms with Crippen LogP contribution in [0.3, 0.4) is 0 Å². The third kappa shape index (κ3) is 2.67. The zero-order valence-electron chi connectivity index (χ0n) is 10.3. The Hall–Kier alpha value is -0.930. The van der Waals surface area contributed by atoms with Crippen LogP contribution in [-0.2, 0) is 0 Å². The second kappa shape index (κ2) is 4.75. The SMILES string of the molecule is COc1c(C)cc(Cl)cc1NCC1(CN)CC1. The first-order chi connectivity index (χ1) is 8.10. The van der Waals surface area contributed by atoms with E-state index in [4.69, 9.17) is 22.1 Å². The van der Waals surface area contributed by atoms with Gasteiger partial charge >= 0.3 is 0 Å². The summed E-state index contributed by atoms with van der Waals surface area (Å²) in [5.41, 5.74) is 8.06. The highest BCUT2D eigenvalue weighted by Gasteiger charge is 2.40. The van der Waals surface area contributed by atoms with Crippen LogP contribution >= 0.6 is 11.6 Å². The number of hydrogen-bond acceptors (Lipinski definition) is 3. The molecule has 0 radical (unpaired) electrons. The van der Waals surface area contributed by atoms with Crippen LogP contribution in [0.5, 0.6) is 5.75 Å². The van der Waals surface area contributed by atoms with Gasteiger partial charge in [0.25, 0.3) is 0 Å². The molecule has 0 spiro atoms. The Kier molecular flexibility index (Phi) is 3.50. The minimum Gasteiger partial charge on any atom is -0.494 e. The van der Waals surface area contributed by atoms with Gasteiger partial charge < -0.3 is 15.8 Å². The maximum absolute atomic E-state index is 6.06. The molecule has 1 fully saturated rings. The van der Waals surface area contributed by atoms with Gasteiger partial charge in [-0.05, 0) is 49.4 Å². The monoisotopic (exact) mass is 254 g/mol. The van der Waals surface area contributed by atoms with Gasteiger partial charge in [-0.25, -0.2) is 0 Å². The molecule has 0 aliphatic heterocycles. The van der Waals surface area contributed by atoms with Crippen molar-refractivity contribution in [2.45, 2.75) is 19.8 Å². The van der Waals surface area contributed by atoms with Gasteiger partial charge in [-0.2, -0.15) is 0 Å². The average molecular weight is 255 g/mol. The van der Waals surface area contributed by atoms with Crippen molar-refractivity contribution in [1.82, 2.24) is 0 Å². The number of nitrogens with one attached hydrogen (secondary N) is 1. The third-order valence-corrected chi connectivity index (χ3v) is 3.71. The maximum Gasteiger partial charge on any atom is 0.144 e. The summed E-state index contributed by atoms with van der Waals surface area (Å²) in [4.78, 5) is 0. The molecule has 94 valence electrons. The summed E-state index contributed by atoms with van der Waals surface area (Å²) in [6.07, 6.45) is 2.41. The summed E-state index contributed by atoms with van der Waals surface area (Å²) in [5, 5.41) is 4.14. The van der Waals surface area contributed by atoms with Gasteiger partial charge in [-0.15, -0.1) is 0 Å². The molecule has 0 atom stereocenters. The fraction of sp³-hybridized carbons (Fsp3) is 0.538. The highest BCUT2D eigenvalue weighted by Crippen LogP contribution is 2.45. The highest BCUT2D eigenvalue weighted by molar-refractivity contribution is 6.31. The van der Waals surface area contributed by atoms with Crippen LogP contribution in [-0.4, -0.2) is 20.2 Å². The summed E-state index contributed by atoms with van der Waals surface area (Å²) < 4.78 is 5.40. The van der Waals surface area contributed by atoms with E-state index in [1.807, 2.05) is 19.1 Å². The minimum atomic E-state index is 0.293. The van der Waals surface area contributed by atoms with E-state index >= 15 is 0 Å². The van der Waals surface area contributed by atoms with Gasteiger partial charge in [0, 0.05) is 11.6 Å². The molecule has 17 heavy (non-hydrogen) atoms. The number of ether oxygens (including phenoxy) is 1. The zero-order valence-corrected chi connectivity index (χ0v) is 11.1. The fourth-order valence-corrected chi connectivity index (χ4v) is 2.32. The largest absolute Gasteiger partial charge is 0.494 e. The number of benzene rings is 1. The van der Waals surface area contributed by atoms with E-state index in [9.17, 15) is 0 Å². The van der Waals surface area contributed by atoms with Crippen molar-refractivity contribution in [3.8, 4) is 5.75 Å². The molecule has 1 saturated carbocycles. The van der Waals surface area contributed by atoms with Crippen molar-refractivity contribution < 1.29 is 4.74 Å². The van der Waals surface area contributed by atoms with E-state index in [-0.39, 0.29) is 0 Å². The molecular weight excluding hydrogens is 236 g/mol. The number of hydrogen-bond donors (Lipinski definition) is 2. The molecule has 0 aromatic heterocycles. The lowest BCUT2D eigenvalue weighted by atomic mass is 10.1. The van der Waals surface area contributed by atoms with Gasteiger partial charge in [0.2, 0.25) is 0 Å². The van der Waals surface area contributed by atoms with Crippen molar-refractivity contribution >= 4 is 17.3 Å². The molecule has 4 heteroatoms. The zero-order chi connectivity index (χ0) is 12.5. The summed E-state index contributed by atoms with van der Waals surface area (Å²) in [7, 11) is 1.68. The highest BCUT2D eigenvalue weighted by atomic mass is 35.5. The molecule has 3 N–H and O–H groups in total. The number of nitrogens with two attached hydrogens (primary N) is 1. The predicted molar refractivity (Wildman–Crippen MR) is 72.0 cm³/mol. The normalized spacial score (nSPS) is 16.7. The molecule has 1 aromatic rings. The van der Waals surface area contributed by atoms with Crippen LogP contribution < -0.4 is 15.8 Å². The van der Waals surface area contributed by atoms with Crippen LogP contribution in [0.4, 0.5) is 5.69 Å². The van der Waals surface area contributed by atoms with Crippen LogP contribution in [0, 0.1) is 12.3 Å². The number of methoxy groups -OCH3 is 1. The van der Waals surface area contributed by atoms with E-state index in [1.54, 1.807) is 7.11 Å². The summed E-state index contributed by atoms with van der Waals surface area (Å²) in [5.74, 6) is 0.863. The second-order valence-corrected chi connectivity index (χ2v) is 5.30. The van der Waals surface area contributed by atoms with Crippen molar-refractivity contribution in [1.29, 1.82) is 0 Å². The van der Waals surface area contributed by atoms with Crippen molar-refractivity contribution in [3.63, 3.8) is 0 Å². The number of anilines is 1. The minimum absolute atomic E-state index is 0.293. The Morgan fingerprint density at radius 1 is 1.47 bits per heavy atom. The number of rotatable bonds is 5. The van der Waals surface area contributed by atoms with Crippen LogP contribution in [0.2, 0.25) is 5.02 Å². The van der Waals surface area contributed by atoms with E-state index < -0.39 is 0 Å². The van der Waals surface area contributed by atoms with Crippen molar-refractivity contribution in [2.75, 3.05) is 25.5 Å². The average Bonchev–Trinajstić information content (AvgIpc) is 3.06. The molecule has 0 unspecified atom stereocenters. The van der Waals surface area contributed by atoms with Crippen LogP contribution in [0.15, 0.2) is 12.1 Å². The lowest BCUT2D eigenvalue weighted by molar-refractivity contribution is 0.412. The Morgan fingerprint density at radius 2 is 2.18 bits per heavy atom. The van der Waals surface area contributed by atoms with Crippen LogP contribution in [0.1, 0.15) is 18.4 Å². The Balaban J connectivity index is 2.14. The summed E-state index contributed by atoms with van der Waals surface area (Å²) in [6, 6.07) is 3.81. The second-order valence-electron chi connectivity index (χ2n) is 4.86. The van der Waals surface area contributed by atoms with E-state index in [0.717, 1.165) is 35.1 Å². The van der Waals surface area contributed by atoms with Gasteiger partial charge in [0.15, 0.2) is 0 Å². The summed E-state index contributed by atoms with van der Waals surface area (Å²) in [6.45, 7) is 3.62. The molecule has 0 saturated heterocycles. The topological polar surface area (TPSA) is 47.3 Å². The Bertz CT molecular complexity index is 416. The van der Waals surface area contributed by atoms with E-state index in [0.29, 0.717) is 5.41 Å². The molecular formula is C13H19ClN2O. The maximum atomic E-state index is 6.06.